The van der Waals surface area contributed by atoms with Crippen LogP contribution in [0.1, 0.15) is 36.2 Å². The first-order valence-corrected chi connectivity index (χ1v) is 13.7. The van der Waals surface area contributed by atoms with E-state index >= 15 is 0 Å². The second kappa shape index (κ2) is 11.1. The lowest BCUT2D eigenvalue weighted by Crippen LogP contribution is -2.37. The van der Waals surface area contributed by atoms with Crippen molar-refractivity contribution in [3.05, 3.63) is 102 Å². The van der Waals surface area contributed by atoms with E-state index in [-0.39, 0.29) is 17.4 Å². The second-order valence-electron chi connectivity index (χ2n) is 9.23. The Kier molecular flexibility index (Phi) is 7.90. The molecule has 0 bridgehead atoms. The number of nitrogens with zero attached hydrogens (tertiary/aromatic N) is 2. The molecule has 8 heteroatoms. The Hall–Kier alpha value is -3.75. The lowest BCUT2D eigenvalue weighted by molar-refractivity contribution is 0.0740. The zero-order valence-electron chi connectivity index (χ0n) is 21.0. The SMILES string of the molecule is CCN(CCC(C)(CO)c1ccccc1)C(=O)c1ccc(NS(=O)(=O)c2cccc3cccnc23)cc1. The molecule has 2 N–H and O–H groups in total. The Labute approximate surface area is 217 Å². The zero-order valence-corrected chi connectivity index (χ0v) is 21.8. The number of carbonyl (C=O) groups excluding carboxylic acids is 1. The van der Waals surface area contributed by atoms with Gasteiger partial charge in [-0.05, 0) is 55.3 Å². The van der Waals surface area contributed by atoms with Gasteiger partial charge in [-0.25, -0.2) is 8.42 Å². The average molecular weight is 518 g/mol. The Bertz CT molecular complexity index is 1470. The molecule has 0 saturated heterocycles. The van der Waals surface area contributed by atoms with Crippen molar-refractivity contribution in [2.24, 2.45) is 0 Å². The van der Waals surface area contributed by atoms with Crippen molar-refractivity contribution in [2.45, 2.75) is 30.6 Å². The Morgan fingerprint density at radius 1 is 0.973 bits per heavy atom. The number of hydrogen-bond donors (Lipinski definition) is 2. The highest BCUT2D eigenvalue weighted by molar-refractivity contribution is 7.93. The summed E-state index contributed by atoms with van der Waals surface area (Å²) in [5.41, 5.74) is 1.77. The number of anilines is 1. The van der Waals surface area contributed by atoms with E-state index in [1.165, 1.54) is 6.07 Å². The number of pyridine rings is 1. The van der Waals surface area contributed by atoms with E-state index in [1.54, 1.807) is 47.5 Å². The molecule has 1 aromatic heterocycles. The number of fused-ring (bicyclic) bond motifs is 1. The number of amides is 1. The molecule has 0 aliphatic rings. The minimum atomic E-state index is -3.88. The molecule has 0 aliphatic carbocycles. The van der Waals surface area contributed by atoms with Gasteiger partial charge in [-0.2, -0.15) is 0 Å². The first kappa shape index (κ1) is 26.3. The quantitative estimate of drug-likeness (QED) is 0.314. The van der Waals surface area contributed by atoms with E-state index in [0.717, 1.165) is 10.9 Å². The molecule has 37 heavy (non-hydrogen) atoms. The monoisotopic (exact) mass is 517 g/mol. The summed E-state index contributed by atoms with van der Waals surface area (Å²) in [6.07, 6.45) is 2.16. The molecule has 0 radical (unpaired) electrons. The minimum absolute atomic E-state index is 0.0240. The highest BCUT2D eigenvalue weighted by Crippen LogP contribution is 2.28. The Morgan fingerprint density at radius 2 is 1.68 bits per heavy atom. The number of hydrogen-bond acceptors (Lipinski definition) is 5. The van der Waals surface area contributed by atoms with Crippen LogP contribution >= 0.6 is 0 Å². The number of nitrogens with one attached hydrogen (secondary N) is 1. The fraction of sp³-hybridized carbons (Fsp3) is 0.241. The molecule has 7 nitrogen and oxygen atoms in total. The van der Waals surface area contributed by atoms with Crippen molar-refractivity contribution in [3.63, 3.8) is 0 Å². The van der Waals surface area contributed by atoms with E-state index in [9.17, 15) is 18.3 Å². The van der Waals surface area contributed by atoms with Crippen LogP contribution in [0.15, 0.2) is 96.0 Å². The van der Waals surface area contributed by atoms with Crippen molar-refractivity contribution in [1.29, 1.82) is 0 Å². The van der Waals surface area contributed by atoms with Crippen molar-refractivity contribution in [3.8, 4) is 0 Å². The molecule has 4 rings (SSSR count). The largest absolute Gasteiger partial charge is 0.395 e. The summed E-state index contributed by atoms with van der Waals surface area (Å²) in [7, 11) is -3.88. The smallest absolute Gasteiger partial charge is 0.264 e. The number of para-hydroxylation sites is 1. The zero-order chi connectivity index (χ0) is 26.5. The van der Waals surface area contributed by atoms with Crippen LogP contribution in [-0.4, -0.2) is 49.0 Å². The predicted octanol–water partition coefficient (Wildman–Crippen LogP) is 4.84. The van der Waals surface area contributed by atoms with Gasteiger partial charge in [0.05, 0.1) is 12.1 Å². The summed E-state index contributed by atoms with van der Waals surface area (Å²) in [6, 6.07) is 24.8. The van der Waals surface area contributed by atoms with Crippen LogP contribution in [0.3, 0.4) is 0 Å². The summed E-state index contributed by atoms with van der Waals surface area (Å²) < 4.78 is 28.7. The molecule has 0 fully saturated rings. The van der Waals surface area contributed by atoms with Crippen LogP contribution in [0, 0.1) is 0 Å². The van der Waals surface area contributed by atoms with E-state index in [0.29, 0.717) is 36.3 Å². The first-order valence-electron chi connectivity index (χ1n) is 12.2. The molecule has 3 aromatic carbocycles. The number of aliphatic hydroxyl groups is 1. The van der Waals surface area contributed by atoms with E-state index in [1.807, 2.05) is 56.3 Å². The molecule has 0 saturated carbocycles. The number of aromatic nitrogens is 1. The highest BCUT2D eigenvalue weighted by Gasteiger charge is 2.27. The molecular weight excluding hydrogens is 486 g/mol. The third-order valence-electron chi connectivity index (χ3n) is 6.69. The molecule has 1 heterocycles. The second-order valence-corrected chi connectivity index (χ2v) is 10.9. The maximum Gasteiger partial charge on any atom is 0.264 e. The van der Waals surface area contributed by atoms with Crippen molar-refractivity contribution >= 4 is 32.5 Å². The lowest BCUT2D eigenvalue weighted by atomic mass is 9.80. The summed E-state index contributed by atoms with van der Waals surface area (Å²) in [5.74, 6) is -0.150. The number of carbonyl (C=O) groups is 1. The van der Waals surface area contributed by atoms with Crippen LogP contribution in [0.5, 0.6) is 0 Å². The van der Waals surface area contributed by atoms with Crippen molar-refractivity contribution in [2.75, 3.05) is 24.4 Å². The van der Waals surface area contributed by atoms with Crippen molar-refractivity contribution in [1.82, 2.24) is 9.88 Å². The molecule has 1 atom stereocenters. The molecule has 0 spiro atoms. The summed E-state index contributed by atoms with van der Waals surface area (Å²) in [5, 5.41) is 10.8. The van der Waals surface area contributed by atoms with Gasteiger partial charge < -0.3 is 10.0 Å². The molecular formula is C29H31N3O4S. The molecule has 192 valence electrons. The van der Waals surface area contributed by atoms with E-state index in [4.69, 9.17) is 0 Å². The summed E-state index contributed by atoms with van der Waals surface area (Å²) >= 11 is 0. The average Bonchev–Trinajstić information content (AvgIpc) is 2.93. The predicted molar refractivity (Wildman–Crippen MR) is 146 cm³/mol. The molecule has 4 aromatic rings. The van der Waals surface area contributed by atoms with Gasteiger partial charge in [0.25, 0.3) is 15.9 Å². The maximum absolute atomic E-state index is 13.2. The van der Waals surface area contributed by atoms with Gasteiger partial charge in [0, 0.05) is 41.3 Å². The highest BCUT2D eigenvalue weighted by atomic mass is 32.2. The maximum atomic E-state index is 13.2. The minimum Gasteiger partial charge on any atom is -0.395 e. The topological polar surface area (TPSA) is 99.6 Å². The number of aliphatic hydroxyl groups excluding tert-OH is 1. The summed E-state index contributed by atoms with van der Waals surface area (Å²) in [4.78, 5) is 19.3. The molecule has 1 amide bonds. The van der Waals surface area contributed by atoms with Crippen LogP contribution < -0.4 is 4.72 Å². The normalized spacial score (nSPS) is 13.2. The Balaban J connectivity index is 1.46. The number of sulfonamides is 1. The van der Waals surface area contributed by atoms with Gasteiger partial charge in [0.1, 0.15) is 4.90 Å². The van der Waals surface area contributed by atoms with Gasteiger partial charge in [-0.3, -0.25) is 14.5 Å². The lowest BCUT2D eigenvalue weighted by Gasteiger charge is -2.31. The van der Waals surface area contributed by atoms with Gasteiger partial charge >= 0.3 is 0 Å². The van der Waals surface area contributed by atoms with Crippen molar-refractivity contribution < 1.29 is 18.3 Å². The van der Waals surface area contributed by atoms with E-state index < -0.39 is 15.4 Å². The number of benzene rings is 3. The van der Waals surface area contributed by atoms with Gasteiger partial charge in [-0.15, -0.1) is 0 Å². The van der Waals surface area contributed by atoms with Gasteiger partial charge in [-0.1, -0.05) is 55.5 Å². The molecule has 0 aliphatic heterocycles. The standard InChI is InChI=1S/C29H31N3O4S/c1-3-32(20-18-29(2,21-33)24-11-5-4-6-12-24)28(34)23-14-16-25(17-15-23)31-37(35,36)26-13-7-9-22-10-8-19-30-27(22)26/h4-17,19,31,33H,3,18,20-21H2,1-2H3. The van der Waals surface area contributed by atoms with Gasteiger partial charge in [0.2, 0.25) is 0 Å². The Morgan fingerprint density at radius 3 is 2.35 bits per heavy atom. The van der Waals surface area contributed by atoms with Crippen LogP contribution in [0.2, 0.25) is 0 Å². The van der Waals surface area contributed by atoms with Crippen LogP contribution in [-0.2, 0) is 15.4 Å². The fourth-order valence-corrected chi connectivity index (χ4v) is 5.55. The van der Waals surface area contributed by atoms with Crippen LogP contribution in [0.25, 0.3) is 10.9 Å². The first-order chi connectivity index (χ1) is 17.8. The third-order valence-corrected chi connectivity index (χ3v) is 8.10. The van der Waals surface area contributed by atoms with Crippen LogP contribution in [0.4, 0.5) is 5.69 Å². The molecule has 1 unspecified atom stereocenters. The van der Waals surface area contributed by atoms with E-state index in [2.05, 4.69) is 9.71 Å². The third kappa shape index (κ3) is 5.81. The summed E-state index contributed by atoms with van der Waals surface area (Å²) in [6.45, 7) is 4.87. The van der Waals surface area contributed by atoms with Gasteiger partial charge in [0.15, 0.2) is 0 Å². The fourth-order valence-electron chi connectivity index (χ4n) is 4.31. The number of rotatable bonds is 10.